The number of carboxylic acids is 1. The van der Waals surface area contributed by atoms with E-state index in [1.807, 2.05) is 42.5 Å². The van der Waals surface area contributed by atoms with Crippen LogP contribution in [-0.2, 0) is 9.53 Å². The Labute approximate surface area is 139 Å². The lowest BCUT2D eigenvalue weighted by Gasteiger charge is -2.15. The van der Waals surface area contributed by atoms with E-state index in [-0.39, 0.29) is 5.88 Å². The first-order valence-electron chi connectivity index (χ1n) is 7.44. The Morgan fingerprint density at radius 3 is 2.50 bits per heavy atom. The second-order valence-electron chi connectivity index (χ2n) is 5.28. The summed E-state index contributed by atoms with van der Waals surface area (Å²) in [4.78, 5) is 15.8. The Kier molecular flexibility index (Phi) is 4.44. The third-order valence-corrected chi connectivity index (χ3v) is 3.89. The van der Waals surface area contributed by atoms with Crippen LogP contribution in [0.15, 0.2) is 54.6 Å². The highest BCUT2D eigenvalue weighted by molar-refractivity contribution is 5.95. The van der Waals surface area contributed by atoms with Gasteiger partial charge < -0.3 is 14.6 Å². The third kappa shape index (κ3) is 2.81. The number of carboxylic acid groups (broad SMARTS) is 1. The average Bonchev–Trinajstić information content (AvgIpc) is 2.62. The molecule has 0 radical (unpaired) electrons. The molecule has 0 aliphatic rings. The molecule has 0 bridgehead atoms. The van der Waals surface area contributed by atoms with Gasteiger partial charge in [0.05, 0.1) is 18.4 Å². The van der Waals surface area contributed by atoms with Crippen molar-refractivity contribution < 1.29 is 19.4 Å². The molecular weight excluding hydrogens is 306 g/mol. The summed E-state index contributed by atoms with van der Waals surface area (Å²) < 4.78 is 10.3. The number of ether oxygens (including phenoxy) is 2. The van der Waals surface area contributed by atoms with E-state index in [4.69, 9.17) is 9.47 Å². The Hall–Kier alpha value is -2.92. The number of carbonyl (C=O) groups is 1. The largest absolute Gasteiger partial charge is 0.481 e. The maximum atomic E-state index is 11.3. The molecule has 0 saturated carbocycles. The molecule has 0 fully saturated rings. The Bertz CT molecular complexity index is 886. The molecule has 1 heterocycles. The number of benzene rings is 2. The number of fused-ring (bicyclic) bond motifs is 1. The molecule has 1 unspecified atom stereocenters. The van der Waals surface area contributed by atoms with Crippen LogP contribution in [0.4, 0.5) is 0 Å². The van der Waals surface area contributed by atoms with E-state index < -0.39 is 12.1 Å². The molecule has 122 valence electrons. The summed E-state index contributed by atoms with van der Waals surface area (Å²) in [5, 5.41) is 11.5. The standard InChI is InChI=1S/C19H17NO4/c1-23-17(19(21)22)15-10-11-16(20-18(15)24-2)14-9-5-7-12-6-3-4-8-13(12)14/h3-11,17H,1-2H3,(H,21,22). The topological polar surface area (TPSA) is 68.7 Å². The minimum atomic E-state index is -1.12. The van der Waals surface area contributed by atoms with Crippen LogP contribution >= 0.6 is 0 Å². The lowest BCUT2D eigenvalue weighted by atomic mass is 10.0. The first-order valence-corrected chi connectivity index (χ1v) is 7.44. The molecule has 3 rings (SSSR count). The number of hydrogen-bond acceptors (Lipinski definition) is 4. The Morgan fingerprint density at radius 1 is 1.04 bits per heavy atom. The number of methoxy groups -OCH3 is 2. The van der Waals surface area contributed by atoms with Gasteiger partial charge in [0, 0.05) is 12.7 Å². The van der Waals surface area contributed by atoms with Crippen molar-refractivity contribution in [2.75, 3.05) is 14.2 Å². The van der Waals surface area contributed by atoms with Gasteiger partial charge in [0.2, 0.25) is 5.88 Å². The van der Waals surface area contributed by atoms with Crippen molar-refractivity contribution in [2.45, 2.75) is 6.10 Å². The summed E-state index contributed by atoms with van der Waals surface area (Å²) >= 11 is 0. The van der Waals surface area contributed by atoms with E-state index in [0.29, 0.717) is 11.3 Å². The lowest BCUT2D eigenvalue weighted by Crippen LogP contribution is -2.15. The number of hydrogen-bond donors (Lipinski definition) is 1. The van der Waals surface area contributed by atoms with E-state index in [9.17, 15) is 9.90 Å². The van der Waals surface area contributed by atoms with E-state index >= 15 is 0 Å². The SMILES string of the molecule is COc1nc(-c2cccc3ccccc23)ccc1C(OC)C(=O)O. The van der Waals surface area contributed by atoms with Crippen LogP contribution in [0.5, 0.6) is 5.88 Å². The Morgan fingerprint density at radius 2 is 1.79 bits per heavy atom. The second-order valence-corrected chi connectivity index (χ2v) is 5.28. The number of rotatable bonds is 5. The van der Waals surface area contributed by atoms with Gasteiger partial charge in [-0.2, -0.15) is 0 Å². The fraction of sp³-hybridized carbons (Fsp3) is 0.158. The van der Waals surface area contributed by atoms with E-state index in [2.05, 4.69) is 4.98 Å². The van der Waals surface area contributed by atoms with Crippen molar-refractivity contribution in [3.63, 3.8) is 0 Å². The zero-order valence-corrected chi connectivity index (χ0v) is 13.4. The highest BCUT2D eigenvalue weighted by Crippen LogP contribution is 2.32. The van der Waals surface area contributed by atoms with Crippen LogP contribution in [0.2, 0.25) is 0 Å². The summed E-state index contributed by atoms with van der Waals surface area (Å²) in [5.41, 5.74) is 2.06. The second kappa shape index (κ2) is 6.68. The van der Waals surface area contributed by atoms with E-state index in [1.165, 1.54) is 14.2 Å². The van der Waals surface area contributed by atoms with Gasteiger partial charge in [0.1, 0.15) is 0 Å². The highest BCUT2D eigenvalue weighted by atomic mass is 16.5. The lowest BCUT2D eigenvalue weighted by molar-refractivity contribution is -0.149. The first-order chi connectivity index (χ1) is 11.7. The van der Waals surface area contributed by atoms with Gasteiger partial charge in [-0.05, 0) is 22.9 Å². The van der Waals surface area contributed by atoms with Crippen LogP contribution in [-0.4, -0.2) is 30.3 Å². The zero-order valence-electron chi connectivity index (χ0n) is 13.4. The summed E-state index contributed by atoms with van der Waals surface area (Å²) in [7, 11) is 2.81. The maximum Gasteiger partial charge on any atom is 0.337 e. The zero-order chi connectivity index (χ0) is 17.1. The van der Waals surface area contributed by atoms with Gasteiger partial charge >= 0.3 is 5.97 Å². The molecule has 0 saturated heterocycles. The summed E-state index contributed by atoms with van der Waals surface area (Å²) in [6.07, 6.45) is -1.12. The van der Waals surface area contributed by atoms with Crippen molar-refractivity contribution in [3.05, 3.63) is 60.2 Å². The van der Waals surface area contributed by atoms with Crippen molar-refractivity contribution in [3.8, 4) is 17.1 Å². The fourth-order valence-electron chi connectivity index (χ4n) is 2.77. The van der Waals surface area contributed by atoms with Crippen LogP contribution in [0.3, 0.4) is 0 Å². The van der Waals surface area contributed by atoms with Gasteiger partial charge in [0.15, 0.2) is 6.10 Å². The minimum Gasteiger partial charge on any atom is -0.481 e. The molecule has 0 amide bonds. The van der Waals surface area contributed by atoms with E-state index in [1.54, 1.807) is 12.1 Å². The van der Waals surface area contributed by atoms with Crippen molar-refractivity contribution >= 4 is 16.7 Å². The number of nitrogens with zero attached hydrogens (tertiary/aromatic N) is 1. The summed E-state index contributed by atoms with van der Waals surface area (Å²) in [6.45, 7) is 0. The first kappa shape index (κ1) is 16.0. The van der Waals surface area contributed by atoms with Crippen molar-refractivity contribution in [1.82, 2.24) is 4.98 Å². The molecule has 1 N–H and O–H groups in total. The van der Waals surface area contributed by atoms with Gasteiger partial charge in [-0.1, -0.05) is 42.5 Å². The molecule has 0 aliphatic heterocycles. The number of aromatic nitrogens is 1. The molecule has 5 heteroatoms. The van der Waals surface area contributed by atoms with Gasteiger partial charge in [-0.15, -0.1) is 0 Å². The van der Waals surface area contributed by atoms with Crippen molar-refractivity contribution in [2.24, 2.45) is 0 Å². The highest BCUT2D eigenvalue weighted by Gasteiger charge is 2.24. The molecule has 5 nitrogen and oxygen atoms in total. The molecular formula is C19H17NO4. The monoisotopic (exact) mass is 323 g/mol. The molecule has 3 aromatic rings. The number of aliphatic carboxylic acids is 1. The molecule has 0 aliphatic carbocycles. The van der Waals surface area contributed by atoms with Gasteiger partial charge in [-0.25, -0.2) is 9.78 Å². The van der Waals surface area contributed by atoms with Crippen LogP contribution in [0, 0.1) is 0 Å². The van der Waals surface area contributed by atoms with Crippen LogP contribution in [0.1, 0.15) is 11.7 Å². The summed E-state index contributed by atoms with van der Waals surface area (Å²) in [6, 6.07) is 17.5. The molecule has 0 spiro atoms. The summed E-state index contributed by atoms with van der Waals surface area (Å²) in [5.74, 6) is -0.842. The maximum absolute atomic E-state index is 11.3. The molecule has 1 aromatic heterocycles. The average molecular weight is 323 g/mol. The minimum absolute atomic E-state index is 0.245. The molecule has 1 atom stereocenters. The fourth-order valence-corrected chi connectivity index (χ4v) is 2.77. The number of pyridine rings is 1. The Balaban J connectivity index is 2.14. The smallest absolute Gasteiger partial charge is 0.337 e. The quantitative estimate of drug-likeness (QED) is 0.775. The molecule has 24 heavy (non-hydrogen) atoms. The van der Waals surface area contributed by atoms with Crippen molar-refractivity contribution in [1.29, 1.82) is 0 Å². The van der Waals surface area contributed by atoms with Crippen LogP contribution in [0.25, 0.3) is 22.0 Å². The predicted octanol–water partition coefficient (Wildman–Crippen LogP) is 3.68. The van der Waals surface area contributed by atoms with E-state index in [0.717, 1.165) is 16.3 Å². The molecule has 2 aromatic carbocycles. The van der Waals surface area contributed by atoms with Crippen LogP contribution < -0.4 is 4.74 Å². The third-order valence-electron chi connectivity index (χ3n) is 3.89. The van der Waals surface area contributed by atoms with Gasteiger partial charge in [0.25, 0.3) is 0 Å². The van der Waals surface area contributed by atoms with Gasteiger partial charge in [-0.3, -0.25) is 0 Å². The normalized spacial score (nSPS) is 12.1. The predicted molar refractivity (Wildman–Crippen MR) is 91.1 cm³/mol.